The minimum Gasteiger partial charge on any atom is -0.465 e. The molecule has 0 aromatic heterocycles. The second-order valence-electron chi connectivity index (χ2n) is 6.06. The van der Waals surface area contributed by atoms with Gasteiger partial charge in [-0.2, -0.15) is 0 Å². The Labute approximate surface area is 166 Å². The largest absolute Gasteiger partial charge is 0.465 e. The normalized spacial score (nSPS) is 11.5. The van der Waals surface area contributed by atoms with Gasteiger partial charge in [0, 0.05) is 17.7 Å². The third kappa shape index (κ3) is 5.58. The number of halogens is 2. The molecule has 9 heteroatoms. The van der Waals surface area contributed by atoms with Gasteiger partial charge in [-0.25, -0.2) is 18.4 Å². The lowest BCUT2D eigenvalue weighted by molar-refractivity contribution is -0.115. The van der Waals surface area contributed by atoms with E-state index in [1.807, 2.05) is 0 Å². The molecule has 0 fully saturated rings. The third-order valence-electron chi connectivity index (χ3n) is 4.12. The van der Waals surface area contributed by atoms with Crippen LogP contribution in [0.4, 0.5) is 14.5 Å². The van der Waals surface area contributed by atoms with Crippen LogP contribution in [0.1, 0.15) is 39.2 Å². The quantitative estimate of drug-likeness (QED) is 0.687. The summed E-state index contributed by atoms with van der Waals surface area (Å²) in [5.74, 6) is -3.32. The van der Waals surface area contributed by atoms with Gasteiger partial charge < -0.3 is 20.1 Å². The van der Waals surface area contributed by atoms with Crippen molar-refractivity contribution in [2.24, 2.45) is 0 Å². The van der Waals surface area contributed by atoms with Crippen LogP contribution in [0, 0.1) is 11.6 Å². The summed E-state index contributed by atoms with van der Waals surface area (Å²) in [6, 6.07) is 6.58. The molecule has 2 rings (SSSR count). The zero-order chi connectivity index (χ0) is 21.6. The highest BCUT2D eigenvalue weighted by molar-refractivity contribution is 6.03. The number of hydrogen-bond acceptors (Lipinski definition) is 6. The number of ether oxygens (including phenoxy) is 2. The summed E-state index contributed by atoms with van der Waals surface area (Å²) in [5.41, 5.74) is 0.436. The molecule has 2 aromatic carbocycles. The van der Waals surface area contributed by atoms with E-state index in [1.165, 1.54) is 38.5 Å². The molecule has 0 spiro atoms. The van der Waals surface area contributed by atoms with Crippen LogP contribution in [0.5, 0.6) is 0 Å². The van der Waals surface area contributed by atoms with Gasteiger partial charge in [-0.3, -0.25) is 4.79 Å². The Balaban J connectivity index is 2.12. The van der Waals surface area contributed by atoms with Crippen LogP contribution in [-0.4, -0.2) is 38.6 Å². The lowest BCUT2D eigenvalue weighted by atomic mass is 10.1. The zero-order valence-corrected chi connectivity index (χ0v) is 16.0. The van der Waals surface area contributed by atoms with Crippen molar-refractivity contribution in [2.75, 3.05) is 26.1 Å². The number of anilines is 1. The highest BCUT2D eigenvalue weighted by Gasteiger charge is 2.18. The van der Waals surface area contributed by atoms with Crippen LogP contribution in [-0.2, 0) is 14.3 Å². The monoisotopic (exact) mass is 406 g/mol. The summed E-state index contributed by atoms with van der Waals surface area (Å²) in [7, 11) is 2.39. The van der Waals surface area contributed by atoms with E-state index in [0.29, 0.717) is 0 Å². The first-order valence-electron chi connectivity index (χ1n) is 8.55. The molecule has 1 amide bonds. The number of esters is 2. The maximum absolute atomic E-state index is 13.8. The number of carbonyl (C=O) groups excluding carboxylic acids is 3. The van der Waals surface area contributed by atoms with Gasteiger partial charge in [-0.15, -0.1) is 0 Å². The summed E-state index contributed by atoms with van der Waals surface area (Å²) in [5, 5.41) is 5.32. The fraction of sp³-hybridized carbons (Fsp3) is 0.250. The highest BCUT2D eigenvalue weighted by Crippen LogP contribution is 2.20. The first kappa shape index (κ1) is 22.0. The molecule has 0 saturated heterocycles. The topological polar surface area (TPSA) is 93.7 Å². The molecule has 0 saturated carbocycles. The molecule has 0 radical (unpaired) electrons. The SMILES string of the molecule is COC(=O)c1ccc(C(=O)OC)c(NC(=O)CN[C@@H](C)c2ccc(F)cc2F)c1. The number of carbonyl (C=O) groups is 3. The van der Waals surface area contributed by atoms with E-state index in [1.54, 1.807) is 6.92 Å². The van der Waals surface area contributed by atoms with Gasteiger partial charge >= 0.3 is 11.9 Å². The van der Waals surface area contributed by atoms with E-state index >= 15 is 0 Å². The Bertz CT molecular complexity index is 933. The Hall–Kier alpha value is -3.33. The van der Waals surface area contributed by atoms with Crippen LogP contribution in [0.15, 0.2) is 36.4 Å². The van der Waals surface area contributed by atoms with Crippen molar-refractivity contribution in [2.45, 2.75) is 13.0 Å². The molecule has 1 atom stereocenters. The first-order valence-corrected chi connectivity index (χ1v) is 8.55. The maximum atomic E-state index is 13.8. The first-order chi connectivity index (χ1) is 13.8. The molecule has 0 heterocycles. The van der Waals surface area contributed by atoms with Crippen molar-refractivity contribution in [1.29, 1.82) is 0 Å². The van der Waals surface area contributed by atoms with Crippen molar-refractivity contribution in [3.05, 3.63) is 64.7 Å². The Kier molecular flexibility index (Phi) is 7.38. The number of amides is 1. The summed E-state index contributed by atoms with van der Waals surface area (Å²) in [4.78, 5) is 35.9. The molecule has 0 bridgehead atoms. The molecule has 0 aliphatic heterocycles. The van der Waals surface area contributed by atoms with E-state index in [0.717, 1.165) is 12.1 Å². The molecule has 0 unspecified atom stereocenters. The van der Waals surface area contributed by atoms with Crippen LogP contribution in [0.3, 0.4) is 0 Å². The van der Waals surface area contributed by atoms with E-state index in [9.17, 15) is 23.2 Å². The van der Waals surface area contributed by atoms with Gasteiger partial charge in [0.15, 0.2) is 0 Å². The molecule has 2 N–H and O–H groups in total. The molecule has 0 aliphatic rings. The molecule has 7 nitrogen and oxygen atoms in total. The Morgan fingerprint density at radius 1 is 1.00 bits per heavy atom. The van der Waals surface area contributed by atoms with Crippen molar-refractivity contribution >= 4 is 23.5 Å². The van der Waals surface area contributed by atoms with E-state index in [2.05, 4.69) is 20.1 Å². The van der Waals surface area contributed by atoms with Gasteiger partial charge in [-0.1, -0.05) is 6.07 Å². The average molecular weight is 406 g/mol. The van der Waals surface area contributed by atoms with Crippen molar-refractivity contribution < 1.29 is 32.6 Å². The summed E-state index contributed by atoms with van der Waals surface area (Å²) >= 11 is 0. The molecule has 154 valence electrons. The zero-order valence-electron chi connectivity index (χ0n) is 16.0. The van der Waals surface area contributed by atoms with Crippen LogP contribution < -0.4 is 10.6 Å². The molecule has 2 aromatic rings. The van der Waals surface area contributed by atoms with Gasteiger partial charge in [0.25, 0.3) is 0 Å². The highest BCUT2D eigenvalue weighted by atomic mass is 19.1. The van der Waals surface area contributed by atoms with Crippen molar-refractivity contribution in [3.8, 4) is 0 Å². The van der Waals surface area contributed by atoms with Gasteiger partial charge in [0.1, 0.15) is 11.6 Å². The fourth-order valence-electron chi connectivity index (χ4n) is 2.58. The Morgan fingerprint density at radius 2 is 1.69 bits per heavy atom. The number of nitrogens with one attached hydrogen (secondary N) is 2. The van der Waals surface area contributed by atoms with Crippen molar-refractivity contribution in [1.82, 2.24) is 5.32 Å². The average Bonchev–Trinajstić information content (AvgIpc) is 2.70. The summed E-state index contributed by atoms with van der Waals surface area (Å²) < 4.78 is 36.1. The molecule has 0 aliphatic carbocycles. The van der Waals surface area contributed by atoms with Crippen LogP contribution in [0.25, 0.3) is 0 Å². The predicted octanol–water partition coefficient (Wildman–Crippen LogP) is 2.83. The van der Waals surface area contributed by atoms with Crippen LogP contribution in [0.2, 0.25) is 0 Å². The molecular weight excluding hydrogens is 386 g/mol. The van der Waals surface area contributed by atoms with Crippen LogP contribution >= 0.6 is 0 Å². The maximum Gasteiger partial charge on any atom is 0.339 e. The smallest absolute Gasteiger partial charge is 0.339 e. The van der Waals surface area contributed by atoms with E-state index < -0.39 is 35.5 Å². The minimum atomic E-state index is -0.732. The second-order valence-corrected chi connectivity index (χ2v) is 6.06. The minimum absolute atomic E-state index is 0.0473. The predicted molar refractivity (Wildman–Crippen MR) is 101 cm³/mol. The van der Waals surface area contributed by atoms with E-state index in [-0.39, 0.29) is 28.9 Å². The summed E-state index contributed by atoms with van der Waals surface area (Å²) in [6.07, 6.45) is 0. The number of rotatable bonds is 7. The third-order valence-corrected chi connectivity index (χ3v) is 4.12. The lowest BCUT2D eigenvalue weighted by Crippen LogP contribution is -2.31. The Morgan fingerprint density at radius 3 is 2.31 bits per heavy atom. The van der Waals surface area contributed by atoms with Gasteiger partial charge in [0.05, 0.1) is 37.6 Å². The summed E-state index contributed by atoms with van der Waals surface area (Å²) in [6.45, 7) is 1.38. The van der Waals surface area contributed by atoms with E-state index in [4.69, 9.17) is 0 Å². The lowest BCUT2D eigenvalue weighted by Gasteiger charge is -2.16. The standard InChI is InChI=1S/C20H20F2N2O5/c1-11(14-7-5-13(21)9-16(14)22)23-10-18(25)24-17-8-12(19(26)28-2)4-6-15(17)20(27)29-3/h4-9,11,23H,10H2,1-3H3,(H,24,25)/t11-/m0/s1. The fourth-order valence-corrected chi connectivity index (χ4v) is 2.58. The van der Waals surface area contributed by atoms with Gasteiger partial charge in [0.2, 0.25) is 5.91 Å². The molecule has 29 heavy (non-hydrogen) atoms. The molecular formula is C20H20F2N2O5. The van der Waals surface area contributed by atoms with Gasteiger partial charge in [-0.05, 0) is 31.2 Å². The number of benzene rings is 2. The number of methoxy groups -OCH3 is 2. The van der Waals surface area contributed by atoms with Crippen molar-refractivity contribution in [3.63, 3.8) is 0 Å². The second kappa shape index (κ2) is 9.74. The number of hydrogen-bond donors (Lipinski definition) is 2.